The van der Waals surface area contributed by atoms with Crippen LogP contribution in [0.4, 0.5) is 5.82 Å². The minimum atomic E-state index is -0.310. The van der Waals surface area contributed by atoms with E-state index in [1.54, 1.807) is 6.07 Å². The van der Waals surface area contributed by atoms with Gasteiger partial charge < -0.3 is 4.90 Å². The van der Waals surface area contributed by atoms with E-state index in [9.17, 15) is 9.59 Å². The molecule has 1 N–H and O–H groups in total. The zero-order chi connectivity index (χ0) is 22.2. The van der Waals surface area contributed by atoms with Crippen molar-refractivity contribution in [3.8, 4) is 0 Å². The number of carbonyl (C=O) groups excluding carboxylic acids is 2. The molecule has 0 aliphatic carbocycles. The summed E-state index contributed by atoms with van der Waals surface area (Å²) < 4.78 is 0. The van der Waals surface area contributed by atoms with Crippen molar-refractivity contribution in [1.29, 1.82) is 0 Å². The number of rotatable bonds is 4. The lowest BCUT2D eigenvalue weighted by Crippen LogP contribution is -2.51. The van der Waals surface area contributed by atoms with Gasteiger partial charge in [0.25, 0.3) is 0 Å². The molecule has 0 radical (unpaired) electrons. The van der Waals surface area contributed by atoms with E-state index < -0.39 is 0 Å². The lowest BCUT2D eigenvalue weighted by Gasteiger charge is -2.35. The van der Waals surface area contributed by atoms with Crippen LogP contribution in [0.25, 0.3) is 0 Å². The van der Waals surface area contributed by atoms with E-state index in [-0.39, 0.29) is 23.2 Å². The number of nitrogens with one attached hydrogen (secondary N) is 1. The molecular formula is C22H25ClN6O2S. The summed E-state index contributed by atoms with van der Waals surface area (Å²) in [6, 6.07) is 9.90. The smallest absolute Gasteiger partial charge is 0.243 e. The summed E-state index contributed by atoms with van der Waals surface area (Å²) in [6.45, 7) is 5.22. The lowest BCUT2D eigenvalue weighted by atomic mass is 10.0. The molecule has 3 aliphatic rings. The van der Waals surface area contributed by atoms with Gasteiger partial charge in [0.05, 0.1) is 11.4 Å². The molecule has 2 aromatic rings. The Morgan fingerprint density at radius 1 is 1.09 bits per heavy atom. The number of hydrogen-bond donors (Lipinski definition) is 2. The minimum absolute atomic E-state index is 0.132. The minimum Gasteiger partial charge on any atom is -0.353 e. The largest absolute Gasteiger partial charge is 0.353 e. The molecule has 0 spiro atoms. The van der Waals surface area contributed by atoms with E-state index in [4.69, 9.17) is 24.2 Å². The van der Waals surface area contributed by atoms with Crippen molar-refractivity contribution in [2.45, 2.75) is 37.3 Å². The van der Waals surface area contributed by atoms with Crippen molar-refractivity contribution in [2.75, 3.05) is 31.1 Å². The highest BCUT2D eigenvalue weighted by atomic mass is 35.5. The van der Waals surface area contributed by atoms with Crippen molar-refractivity contribution in [1.82, 2.24) is 25.3 Å². The maximum atomic E-state index is 12.3. The van der Waals surface area contributed by atoms with Gasteiger partial charge in [0.15, 0.2) is 11.0 Å². The van der Waals surface area contributed by atoms with E-state index in [0.717, 1.165) is 44.1 Å². The van der Waals surface area contributed by atoms with Crippen molar-refractivity contribution in [3.63, 3.8) is 0 Å². The van der Waals surface area contributed by atoms with Crippen molar-refractivity contribution >= 4 is 41.9 Å². The van der Waals surface area contributed by atoms with Crippen LogP contribution in [0.5, 0.6) is 0 Å². The van der Waals surface area contributed by atoms with Crippen LogP contribution in [-0.2, 0) is 22.7 Å². The summed E-state index contributed by atoms with van der Waals surface area (Å²) in [5.41, 5.74) is 3.62. The third-order valence-corrected chi connectivity index (χ3v) is 7.26. The Morgan fingerprint density at radius 3 is 2.62 bits per heavy atom. The number of piperazine rings is 1. The Labute approximate surface area is 197 Å². The number of carbonyl (C=O) groups is 2. The third kappa shape index (κ3) is 4.34. The molecule has 2 atom stereocenters. The van der Waals surface area contributed by atoms with Crippen LogP contribution in [0.15, 0.2) is 30.3 Å². The van der Waals surface area contributed by atoms with Crippen LogP contribution in [0, 0.1) is 0 Å². The molecule has 1 aromatic carbocycles. The maximum Gasteiger partial charge on any atom is 0.243 e. The van der Waals surface area contributed by atoms with Crippen molar-refractivity contribution < 1.29 is 9.59 Å². The standard InChI is InChI=1S/C22H25ClN6O2S/c23-18-4-5-19(26-25-18)28-9-7-27(8-10-28)12-14-1-2-16-15(11-14)13-29(22(16)32)17-3-6-20(30)24-21(17)31/h1-2,4-5,11,17,22,32H,3,6-10,12-13H2,(H,24,30,31). The van der Waals surface area contributed by atoms with Gasteiger partial charge in [0, 0.05) is 45.7 Å². The van der Waals surface area contributed by atoms with Gasteiger partial charge in [-0.25, -0.2) is 0 Å². The second-order valence-electron chi connectivity index (χ2n) is 8.52. The Kier molecular flexibility index (Phi) is 6.07. The summed E-state index contributed by atoms with van der Waals surface area (Å²) in [4.78, 5) is 30.6. The Morgan fingerprint density at radius 2 is 1.91 bits per heavy atom. The fourth-order valence-electron chi connectivity index (χ4n) is 4.76. The zero-order valence-corrected chi connectivity index (χ0v) is 19.2. The summed E-state index contributed by atoms with van der Waals surface area (Å²) >= 11 is 10.6. The lowest BCUT2D eigenvalue weighted by molar-refractivity contribution is -0.137. The fraction of sp³-hybridized carbons (Fsp3) is 0.455. The molecule has 3 aliphatic heterocycles. The highest BCUT2D eigenvalue weighted by molar-refractivity contribution is 7.80. The number of imide groups is 1. The first-order valence-electron chi connectivity index (χ1n) is 10.8. The van der Waals surface area contributed by atoms with Gasteiger partial charge in [0.1, 0.15) is 0 Å². The number of piperidine rings is 1. The maximum absolute atomic E-state index is 12.3. The van der Waals surface area contributed by atoms with Crippen molar-refractivity contribution in [3.05, 3.63) is 52.2 Å². The number of fused-ring (bicyclic) bond motifs is 1. The second-order valence-corrected chi connectivity index (χ2v) is 9.40. The van der Waals surface area contributed by atoms with Gasteiger partial charge in [-0.2, -0.15) is 12.6 Å². The summed E-state index contributed by atoms with van der Waals surface area (Å²) in [7, 11) is 0. The molecule has 1 aromatic heterocycles. The molecular weight excluding hydrogens is 448 g/mol. The number of nitrogens with zero attached hydrogens (tertiary/aromatic N) is 5. The first kappa shape index (κ1) is 21.6. The molecule has 0 bridgehead atoms. The highest BCUT2D eigenvalue weighted by Crippen LogP contribution is 2.39. The quantitative estimate of drug-likeness (QED) is 0.520. The molecule has 2 unspecified atom stereocenters. The average molecular weight is 473 g/mol. The van der Waals surface area contributed by atoms with E-state index >= 15 is 0 Å². The van der Waals surface area contributed by atoms with Crippen LogP contribution in [0.1, 0.15) is 34.9 Å². The van der Waals surface area contributed by atoms with Crippen LogP contribution < -0.4 is 10.2 Å². The van der Waals surface area contributed by atoms with Crippen LogP contribution in [0.3, 0.4) is 0 Å². The molecule has 0 saturated carbocycles. The fourth-order valence-corrected chi connectivity index (χ4v) is 5.35. The first-order chi connectivity index (χ1) is 15.5. The highest BCUT2D eigenvalue weighted by Gasteiger charge is 2.39. The summed E-state index contributed by atoms with van der Waals surface area (Å²) in [5, 5.41) is 10.8. The van der Waals surface area contributed by atoms with Gasteiger partial charge in [-0.15, -0.1) is 10.2 Å². The molecule has 10 heteroatoms. The van der Waals surface area contributed by atoms with E-state index in [2.05, 4.69) is 48.4 Å². The van der Waals surface area contributed by atoms with Crippen LogP contribution in [-0.4, -0.2) is 64.0 Å². The molecule has 32 heavy (non-hydrogen) atoms. The third-order valence-electron chi connectivity index (χ3n) is 6.48. The summed E-state index contributed by atoms with van der Waals surface area (Å²) in [5.74, 6) is 0.459. The molecule has 2 fully saturated rings. The van der Waals surface area contributed by atoms with Gasteiger partial charge in [-0.1, -0.05) is 29.8 Å². The Hall–Kier alpha value is -2.20. The second kappa shape index (κ2) is 8.97. The molecule has 2 amide bonds. The Bertz CT molecular complexity index is 1030. The molecule has 8 nitrogen and oxygen atoms in total. The van der Waals surface area contributed by atoms with Gasteiger partial charge >= 0.3 is 0 Å². The van der Waals surface area contributed by atoms with Crippen molar-refractivity contribution in [2.24, 2.45) is 0 Å². The first-order valence-corrected chi connectivity index (χ1v) is 11.7. The monoisotopic (exact) mass is 472 g/mol. The molecule has 5 rings (SSSR count). The zero-order valence-electron chi connectivity index (χ0n) is 17.6. The number of thiol groups is 1. The van der Waals surface area contributed by atoms with Crippen LogP contribution in [0.2, 0.25) is 5.15 Å². The molecule has 4 heterocycles. The topological polar surface area (TPSA) is 81.7 Å². The number of anilines is 1. The number of benzene rings is 1. The van der Waals surface area contributed by atoms with Gasteiger partial charge in [-0.05, 0) is 35.2 Å². The SMILES string of the molecule is O=C1CCC(N2Cc3cc(CN4CCN(c5ccc(Cl)nn5)CC4)ccc3C2S)C(=O)N1. The molecule has 168 valence electrons. The van der Waals surface area contributed by atoms with E-state index in [1.165, 1.54) is 11.1 Å². The Balaban J connectivity index is 1.20. The predicted molar refractivity (Wildman–Crippen MR) is 124 cm³/mol. The van der Waals surface area contributed by atoms with Gasteiger partial charge in [0.2, 0.25) is 11.8 Å². The normalized spacial score (nSPS) is 24.5. The number of amides is 2. The molecule has 2 saturated heterocycles. The van der Waals surface area contributed by atoms with E-state index in [1.807, 2.05) is 6.07 Å². The average Bonchev–Trinajstić information content (AvgIpc) is 3.10. The number of halogens is 1. The number of aromatic nitrogens is 2. The predicted octanol–water partition coefficient (Wildman–Crippen LogP) is 2.00. The summed E-state index contributed by atoms with van der Waals surface area (Å²) in [6.07, 6.45) is 0.924. The van der Waals surface area contributed by atoms with Gasteiger partial charge in [-0.3, -0.25) is 24.7 Å². The van der Waals surface area contributed by atoms with Crippen LogP contribution >= 0.6 is 24.2 Å². The van der Waals surface area contributed by atoms with E-state index in [0.29, 0.717) is 24.5 Å². The number of hydrogen-bond acceptors (Lipinski definition) is 8.